The van der Waals surface area contributed by atoms with Crippen LogP contribution in [0.25, 0.3) is 0 Å². The molecule has 1 saturated heterocycles. The van der Waals surface area contributed by atoms with E-state index in [4.69, 9.17) is 10.5 Å². The standard InChI is InChI=1S/C13H24N6O/c1-9(2)20-13-17-11(14)16-12(18-13)15-8-10-6-4-5-7-19(10)3/h9-10H,4-8H2,1-3H3,(H3,14,15,16,17,18). The SMILES string of the molecule is CC(C)Oc1nc(N)nc(NCC2CCCCN2C)n1. The molecule has 0 radical (unpaired) electrons. The first-order chi connectivity index (χ1) is 9.54. The number of likely N-dealkylation sites (N-methyl/N-ethyl adjacent to an activating group) is 1. The highest BCUT2D eigenvalue weighted by Crippen LogP contribution is 2.16. The number of aromatic nitrogens is 3. The topological polar surface area (TPSA) is 89.2 Å². The van der Waals surface area contributed by atoms with Gasteiger partial charge in [0, 0.05) is 12.6 Å². The molecule has 1 aromatic heterocycles. The average Bonchev–Trinajstić information content (AvgIpc) is 2.36. The molecule has 20 heavy (non-hydrogen) atoms. The number of hydrogen-bond donors (Lipinski definition) is 2. The Hall–Kier alpha value is -1.63. The van der Waals surface area contributed by atoms with Crippen molar-refractivity contribution < 1.29 is 4.74 Å². The summed E-state index contributed by atoms with van der Waals surface area (Å²) < 4.78 is 5.46. The third-order valence-corrected chi connectivity index (χ3v) is 3.39. The number of nitrogen functional groups attached to an aromatic ring is 1. The van der Waals surface area contributed by atoms with Crippen LogP contribution in [0.3, 0.4) is 0 Å². The van der Waals surface area contributed by atoms with Crippen LogP contribution >= 0.6 is 0 Å². The molecule has 2 heterocycles. The van der Waals surface area contributed by atoms with Gasteiger partial charge in [0.05, 0.1) is 6.10 Å². The van der Waals surface area contributed by atoms with Crippen molar-refractivity contribution in [3.8, 4) is 6.01 Å². The van der Waals surface area contributed by atoms with E-state index >= 15 is 0 Å². The molecule has 1 aliphatic rings. The van der Waals surface area contributed by atoms with Crippen molar-refractivity contribution in [3.05, 3.63) is 0 Å². The first-order valence-corrected chi connectivity index (χ1v) is 7.17. The van der Waals surface area contributed by atoms with Crippen LogP contribution in [0, 0.1) is 0 Å². The predicted octanol–water partition coefficient (Wildman–Crippen LogP) is 1.14. The van der Waals surface area contributed by atoms with Gasteiger partial charge in [0.25, 0.3) is 0 Å². The van der Waals surface area contributed by atoms with Crippen LogP contribution in [0.4, 0.5) is 11.9 Å². The van der Waals surface area contributed by atoms with Crippen LogP contribution in [0.1, 0.15) is 33.1 Å². The number of rotatable bonds is 5. The Morgan fingerprint density at radius 2 is 2.15 bits per heavy atom. The number of piperidine rings is 1. The number of hydrogen-bond acceptors (Lipinski definition) is 7. The highest BCUT2D eigenvalue weighted by atomic mass is 16.5. The molecule has 1 atom stereocenters. The number of nitrogens with two attached hydrogens (primary N) is 1. The minimum atomic E-state index is 0.00845. The van der Waals surface area contributed by atoms with E-state index in [1.165, 1.54) is 19.3 Å². The zero-order valence-electron chi connectivity index (χ0n) is 12.5. The summed E-state index contributed by atoms with van der Waals surface area (Å²) in [4.78, 5) is 14.7. The van der Waals surface area contributed by atoms with Gasteiger partial charge in [-0.3, -0.25) is 0 Å². The fourth-order valence-corrected chi connectivity index (χ4v) is 2.33. The molecule has 0 spiro atoms. The van der Waals surface area contributed by atoms with Gasteiger partial charge in [-0.15, -0.1) is 0 Å². The molecule has 7 heteroatoms. The lowest BCUT2D eigenvalue weighted by Gasteiger charge is -2.32. The van der Waals surface area contributed by atoms with E-state index in [0.29, 0.717) is 12.0 Å². The fourth-order valence-electron chi connectivity index (χ4n) is 2.33. The second-order valence-electron chi connectivity index (χ2n) is 5.48. The summed E-state index contributed by atoms with van der Waals surface area (Å²) in [7, 11) is 2.15. The summed E-state index contributed by atoms with van der Waals surface area (Å²) in [5.74, 6) is 0.655. The molecule has 0 bridgehead atoms. The Kier molecular flexibility index (Phi) is 4.94. The molecular formula is C13H24N6O. The summed E-state index contributed by atoms with van der Waals surface area (Å²) in [6.07, 6.45) is 3.75. The third-order valence-electron chi connectivity index (χ3n) is 3.39. The fraction of sp³-hybridized carbons (Fsp3) is 0.769. The van der Waals surface area contributed by atoms with Crippen LogP contribution in [0.2, 0.25) is 0 Å². The second kappa shape index (κ2) is 6.69. The summed E-state index contributed by atoms with van der Waals surface area (Å²) in [5.41, 5.74) is 5.68. The molecule has 0 amide bonds. The highest BCUT2D eigenvalue weighted by Gasteiger charge is 2.19. The molecule has 1 unspecified atom stereocenters. The minimum absolute atomic E-state index is 0.00845. The number of likely N-dealkylation sites (tertiary alicyclic amines) is 1. The molecule has 112 valence electrons. The van der Waals surface area contributed by atoms with Crippen molar-refractivity contribution in [2.45, 2.75) is 45.3 Å². The molecule has 2 rings (SSSR count). The Labute approximate surface area is 119 Å². The maximum Gasteiger partial charge on any atom is 0.323 e. The van der Waals surface area contributed by atoms with E-state index in [2.05, 4.69) is 32.2 Å². The van der Waals surface area contributed by atoms with Crippen LogP contribution in [0.15, 0.2) is 0 Å². The van der Waals surface area contributed by atoms with Crippen LogP contribution in [-0.2, 0) is 0 Å². The average molecular weight is 280 g/mol. The maximum absolute atomic E-state index is 5.68. The predicted molar refractivity (Wildman–Crippen MR) is 78.8 cm³/mol. The molecule has 0 saturated carbocycles. The van der Waals surface area contributed by atoms with E-state index in [1.54, 1.807) is 0 Å². The largest absolute Gasteiger partial charge is 0.461 e. The summed E-state index contributed by atoms with van der Waals surface area (Å²) in [5, 5.41) is 3.24. The van der Waals surface area contributed by atoms with E-state index in [0.717, 1.165) is 13.1 Å². The Morgan fingerprint density at radius 1 is 1.35 bits per heavy atom. The highest BCUT2D eigenvalue weighted by molar-refractivity contribution is 5.32. The van der Waals surface area contributed by atoms with Gasteiger partial charge in [0.2, 0.25) is 11.9 Å². The molecule has 1 fully saturated rings. The summed E-state index contributed by atoms with van der Waals surface area (Å²) in [6, 6.07) is 0.781. The van der Waals surface area contributed by atoms with E-state index in [1.807, 2.05) is 13.8 Å². The van der Waals surface area contributed by atoms with Crippen LogP contribution in [-0.4, -0.2) is 52.1 Å². The van der Waals surface area contributed by atoms with Gasteiger partial charge < -0.3 is 20.7 Å². The Balaban J connectivity index is 1.96. The van der Waals surface area contributed by atoms with Crippen molar-refractivity contribution in [1.82, 2.24) is 19.9 Å². The number of anilines is 2. The Bertz CT molecular complexity index is 439. The van der Waals surface area contributed by atoms with Gasteiger partial charge in [-0.25, -0.2) is 0 Å². The maximum atomic E-state index is 5.68. The molecular weight excluding hydrogens is 256 g/mol. The number of nitrogens with one attached hydrogen (secondary N) is 1. The number of ether oxygens (including phenoxy) is 1. The molecule has 0 aliphatic carbocycles. The van der Waals surface area contributed by atoms with Gasteiger partial charge in [0.1, 0.15) is 0 Å². The summed E-state index contributed by atoms with van der Waals surface area (Å²) in [6.45, 7) is 5.79. The van der Waals surface area contributed by atoms with Gasteiger partial charge in [-0.05, 0) is 40.3 Å². The minimum Gasteiger partial charge on any atom is -0.461 e. The van der Waals surface area contributed by atoms with Gasteiger partial charge in [0.15, 0.2) is 0 Å². The van der Waals surface area contributed by atoms with Crippen molar-refractivity contribution in [2.24, 2.45) is 0 Å². The van der Waals surface area contributed by atoms with Crippen LogP contribution in [0.5, 0.6) is 6.01 Å². The normalized spacial score (nSPS) is 20.1. The van der Waals surface area contributed by atoms with Crippen molar-refractivity contribution in [3.63, 3.8) is 0 Å². The smallest absolute Gasteiger partial charge is 0.323 e. The van der Waals surface area contributed by atoms with Gasteiger partial charge in [-0.2, -0.15) is 15.0 Å². The zero-order valence-corrected chi connectivity index (χ0v) is 12.5. The second-order valence-corrected chi connectivity index (χ2v) is 5.48. The molecule has 1 aliphatic heterocycles. The number of nitrogens with zero attached hydrogens (tertiary/aromatic N) is 4. The molecule has 0 aromatic carbocycles. The Morgan fingerprint density at radius 3 is 2.85 bits per heavy atom. The first-order valence-electron chi connectivity index (χ1n) is 7.17. The van der Waals surface area contributed by atoms with Gasteiger partial charge in [-0.1, -0.05) is 6.42 Å². The van der Waals surface area contributed by atoms with Crippen molar-refractivity contribution >= 4 is 11.9 Å². The quantitative estimate of drug-likeness (QED) is 0.835. The van der Waals surface area contributed by atoms with Crippen molar-refractivity contribution in [1.29, 1.82) is 0 Å². The molecule has 7 nitrogen and oxygen atoms in total. The third kappa shape index (κ3) is 4.19. The lowest BCUT2D eigenvalue weighted by Crippen LogP contribution is -2.41. The lowest BCUT2D eigenvalue weighted by atomic mass is 10.0. The lowest BCUT2D eigenvalue weighted by molar-refractivity contribution is 0.194. The van der Waals surface area contributed by atoms with Crippen molar-refractivity contribution in [2.75, 3.05) is 31.2 Å². The molecule has 1 aromatic rings. The van der Waals surface area contributed by atoms with E-state index < -0.39 is 0 Å². The van der Waals surface area contributed by atoms with Crippen LogP contribution < -0.4 is 15.8 Å². The first kappa shape index (κ1) is 14.8. The zero-order chi connectivity index (χ0) is 14.5. The van der Waals surface area contributed by atoms with E-state index in [-0.39, 0.29) is 18.1 Å². The monoisotopic (exact) mass is 280 g/mol. The van der Waals surface area contributed by atoms with Gasteiger partial charge >= 0.3 is 6.01 Å². The summed E-state index contributed by atoms with van der Waals surface area (Å²) >= 11 is 0. The van der Waals surface area contributed by atoms with E-state index in [9.17, 15) is 0 Å². The molecule has 3 N–H and O–H groups in total.